The number of carbonyl (C=O) groups excluding carboxylic acids is 1. The number of nitrogens with zero attached hydrogens (tertiary/aromatic N) is 1. The Morgan fingerprint density at radius 3 is 2.00 bits per heavy atom. The number of rotatable bonds is 8. The summed E-state index contributed by atoms with van der Waals surface area (Å²) in [7, 11) is 0. The standard InChI is InChI=1S/C13H25NO2/c1-4-7-9-14(10-8-5-2)13(16)11-12(15)6-3/h11,15H,4-10H2,1-3H3/b12-11-. The fourth-order valence-corrected chi connectivity index (χ4v) is 1.37. The summed E-state index contributed by atoms with van der Waals surface area (Å²) in [5.41, 5.74) is 0. The maximum absolute atomic E-state index is 11.8. The quantitative estimate of drug-likeness (QED) is 0.510. The highest BCUT2D eigenvalue weighted by molar-refractivity contribution is 5.87. The molecule has 0 saturated carbocycles. The van der Waals surface area contributed by atoms with Crippen molar-refractivity contribution in [1.82, 2.24) is 4.90 Å². The van der Waals surface area contributed by atoms with E-state index < -0.39 is 0 Å². The molecule has 0 aliphatic heterocycles. The molecule has 3 nitrogen and oxygen atoms in total. The lowest BCUT2D eigenvalue weighted by molar-refractivity contribution is -0.126. The number of allylic oxidation sites excluding steroid dienone is 1. The highest BCUT2D eigenvalue weighted by atomic mass is 16.3. The van der Waals surface area contributed by atoms with Crippen LogP contribution in [-0.2, 0) is 4.79 Å². The highest BCUT2D eigenvalue weighted by Gasteiger charge is 2.10. The molecule has 0 fully saturated rings. The molecule has 0 aromatic carbocycles. The van der Waals surface area contributed by atoms with Crippen LogP contribution in [-0.4, -0.2) is 29.0 Å². The minimum Gasteiger partial charge on any atom is -0.512 e. The Morgan fingerprint density at radius 1 is 1.12 bits per heavy atom. The number of hydrogen-bond donors (Lipinski definition) is 1. The van der Waals surface area contributed by atoms with Crippen molar-refractivity contribution in [2.45, 2.75) is 52.9 Å². The van der Waals surface area contributed by atoms with Gasteiger partial charge in [-0.15, -0.1) is 0 Å². The summed E-state index contributed by atoms with van der Waals surface area (Å²) in [5.74, 6) is 0.115. The van der Waals surface area contributed by atoms with E-state index in [0.717, 1.165) is 38.8 Å². The molecule has 0 unspecified atom stereocenters. The van der Waals surface area contributed by atoms with Gasteiger partial charge in [0.05, 0.1) is 5.76 Å². The lowest BCUT2D eigenvalue weighted by atomic mass is 10.2. The molecular formula is C13H25NO2. The third-order valence-electron chi connectivity index (χ3n) is 2.53. The zero-order valence-corrected chi connectivity index (χ0v) is 10.8. The maximum Gasteiger partial charge on any atom is 0.249 e. The number of aliphatic hydroxyl groups is 1. The van der Waals surface area contributed by atoms with Crippen LogP contribution in [0.1, 0.15) is 52.9 Å². The molecule has 16 heavy (non-hydrogen) atoms. The van der Waals surface area contributed by atoms with Crippen molar-refractivity contribution in [3.63, 3.8) is 0 Å². The predicted octanol–water partition coefficient (Wildman–Crippen LogP) is 3.27. The van der Waals surface area contributed by atoms with Crippen LogP contribution in [0.25, 0.3) is 0 Å². The molecule has 0 saturated heterocycles. The predicted molar refractivity (Wildman–Crippen MR) is 67.4 cm³/mol. The van der Waals surface area contributed by atoms with Crippen LogP contribution in [0.4, 0.5) is 0 Å². The smallest absolute Gasteiger partial charge is 0.249 e. The van der Waals surface area contributed by atoms with Crippen LogP contribution < -0.4 is 0 Å². The van der Waals surface area contributed by atoms with Gasteiger partial charge in [-0.3, -0.25) is 4.79 Å². The van der Waals surface area contributed by atoms with Crippen molar-refractivity contribution in [2.24, 2.45) is 0 Å². The van der Waals surface area contributed by atoms with Gasteiger partial charge in [0.25, 0.3) is 0 Å². The van der Waals surface area contributed by atoms with E-state index in [9.17, 15) is 9.90 Å². The van der Waals surface area contributed by atoms with Crippen LogP contribution in [0, 0.1) is 0 Å². The molecule has 0 aliphatic carbocycles. The van der Waals surface area contributed by atoms with Crippen LogP contribution in [0.3, 0.4) is 0 Å². The van der Waals surface area contributed by atoms with Crippen molar-refractivity contribution in [1.29, 1.82) is 0 Å². The molecule has 3 heteroatoms. The molecule has 0 aromatic heterocycles. The second kappa shape index (κ2) is 9.25. The van der Waals surface area contributed by atoms with E-state index >= 15 is 0 Å². The second-order valence-electron chi connectivity index (χ2n) is 4.02. The van der Waals surface area contributed by atoms with Gasteiger partial charge in [-0.25, -0.2) is 0 Å². The monoisotopic (exact) mass is 227 g/mol. The van der Waals surface area contributed by atoms with E-state index in [1.165, 1.54) is 6.08 Å². The molecule has 1 amide bonds. The molecule has 0 aliphatic rings. The van der Waals surface area contributed by atoms with Gasteiger partial charge in [-0.05, 0) is 12.8 Å². The molecule has 0 rings (SSSR count). The Balaban J connectivity index is 4.30. The molecular weight excluding hydrogens is 202 g/mol. The SMILES string of the molecule is CCCCN(CCCC)C(=O)/C=C(\O)CC. The summed E-state index contributed by atoms with van der Waals surface area (Å²) in [6.45, 7) is 7.65. The average molecular weight is 227 g/mol. The van der Waals surface area contributed by atoms with Gasteiger partial charge in [-0.1, -0.05) is 33.6 Å². The minimum absolute atomic E-state index is 0.0544. The summed E-state index contributed by atoms with van der Waals surface area (Å²) in [6.07, 6.45) is 6.08. The Hall–Kier alpha value is -0.990. The van der Waals surface area contributed by atoms with Crippen molar-refractivity contribution >= 4 is 5.91 Å². The van der Waals surface area contributed by atoms with E-state index in [0.29, 0.717) is 6.42 Å². The molecule has 0 heterocycles. The van der Waals surface area contributed by atoms with E-state index in [1.807, 2.05) is 11.8 Å². The fourth-order valence-electron chi connectivity index (χ4n) is 1.37. The highest BCUT2D eigenvalue weighted by Crippen LogP contribution is 2.03. The van der Waals surface area contributed by atoms with Gasteiger partial charge < -0.3 is 10.0 Å². The van der Waals surface area contributed by atoms with Crippen molar-refractivity contribution in [3.8, 4) is 0 Å². The van der Waals surface area contributed by atoms with Crippen LogP contribution >= 0.6 is 0 Å². The van der Waals surface area contributed by atoms with Crippen LogP contribution in [0.15, 0.2) is 11.8 Å². The first kappa shape index (κ1) is 15.0. The van der Waals surface area contributed by atoms with Crippen molar-refractivity contribution in [2.75, 3.05) is 13.1 Å². The van der Waals surface area contributed by atoms with Gasteiger partial charge in [0.2, 0.25) is 5.91 Å². The second-order valence-corrected chi connectivity index (χ2v) is 4.02. The first-order valence-electron chi connectivity index (χ1n) is 6.34. The molecule has 0 aromatic rings. The summed E-state index contributed by atoms with van der Waals surface area (Å²) in [5, 5.41) is 9.34. The van der Waals surface area contributed by atoms with Gasteiger partial charge in [0.1, 0.15) is 0 Å². The summed E-state index contributed by atoms with van der Waals surface area (Å²) < 4.78 is 0. The lowest BCUT2D eigenvalue weighted by Crippen LogP contribution is -2.31. The lowest BCUT2D eigenvalue weighted by Gasteiger charge is -2.20. The minimum atomic E-state index is -0.0544. The van der Waals surface area contributed by atoms with E-state index in [-0.39, 0.29) is 11.7 Å². The molecule has 1 N–H and O–H groups in total. The Labute approximate surface area is 99.1 Å². The van der Waals surface area contributed by atoms with Crippen molar-refractivity contribution < 1.29 is 9.90 Å². The molecule has 0 atom stereocenters. The molecule has 0 radical (unpaired) electrons. The van der Waals surface area contributed by atoms with Gasteiger partial charge in [0, 0.05) is 25.6 Å². The normalized spacial score (nSPS) is 11.6. The third-order valence-corrected chi connectivity index (χ3v) is 2.53. The fraction of sp³-hybridized carbons (Fsp3) is 0.769. The van der Waals surface area contributed by atoms with Gasteiger partial charge >= 0.3 is 0 Å². The average Bonchev–Trinajstić information content (AvgIpc) is 2.28. The zero-order valence-electron chi connectivity index (χ0n) is 10.8. The first-order valence-corrected chi connectivity index (χ1v) is 6.34. The summed E-state index contributed by atoms with van der Waals surface area (Å²) in [6, 6.07) is 0. The van der Waals surface area contributed by atoms with Gasteiger partial charge in [0.15, 0.2) is 0 Å². The third kappa shape index (κ3) is 6.49. The first-order chi connectivity index (χ1) is 7.65. The van der Waals surface area contributed by atoms with E-state index in [4.69, 9.17) is 0 Å². The number of hydrogen-bond acceptors (Lipinski definition) is 2. The summed E-state index contributed by atoms with van der Waals surface area (Å²) >= 11 is 0. The zero-order chi connectivity index (χ0) is 12.4. The molecule has 94 valence electrons. The van der Waals surface area contributed by atoms with Crippen molar-refractivity contribution in [3.05, 3.63) is 11.8 Å². The van der Waals surface area contributed by atoms with Crippen LogP contribution in [0.2, 0.25) is 0 Å². The summed E-state index contributed by atoms with van der Waals surface area (Å²) in [4.78, 5) is 13.6. The Kier molecular flexibility index (Phi) is 8.68. The molecule has 0 spiro atoms. The Bertz CT molecular complexity index is 216. The molecule has 0 bridgehead atoms. The number of aliphatic hydroxyl groups excluding tert-OH is 1. The topological polar surface area (TPSA) is 40.5 Å². The maximum atomic E-state index is 11.8. The number of unbranched alkanes of at least 4 members (excludes halogenated alkanes) is 2. The number of amides is 1. The van der Waals surface area contributed by atoms with Gasteiger partial charge in [-0.2, -0.15) is 0 Å². The Morgan fingerprint density at radius 2 is 1.62 bits per heavy atom. The van der Waals surface area contributed by atoms with Crippen LogP contribution in [0.5, 0.6) is 0 Å². The van der Waals surface area contributed by atoms with E-state index in [2.05, 4.69) is 13.8 Å². The van der Waals surface area contributed by atoms with E-state index in [1.54, 1.807) is 0 Å². The largest absolute Gasteiger partial charge is 0.512 e. The number of carbonyl (C=O) groups is 1.